The van der Waals surface area contributed by atoms with E-state index in [0.717, 1.165) is 5.56 Å². The third kappa shape index (κ3) is 4.55. The number of ether oxygens (including phenoxy) is 1. The smallest absolute Gasteiger partial charge is 0.244 e. The number of amides is 2. The first-order valence-corrected chi connectivity index (χ1v) is 8.53. The molecule has 0 radical (unpaired) electrons. The minimum atomic E-state index is -0.865. The molecule has 0 bridgehead atoms. The zero-order valence-electron chi connectivity index (χ0n) is 14.5. The van der Waals surface area contributed by atoms with Gasteiger partial charge in [0.2, 0.25) is 11.8 Å². The Morgan fingerprint density at radius 1 is 1.17 bits per heavy atom. The molecule has 6 heteroatoms. The highest BCUT2D eigenvalue weighted by atomic mass is 16.5. The lowest BCUT2D eigenvalue weighted by atomic mass is 9.90. The first-order valence-electron chi connectivity index (χ1n) is 8.53. The van der Waals surface area contributed by atoms with Crippen LogP contribution in [0.2, 0.25) is 0 Å². The number of nitrogens with one attached hydrogen (secondary N) is 1. The number of nitrogens with zero attached hydrogens (tertiary/aromatic N) is 1. The molecule has 1 aliphatic rings. The molecule has 1 fully saturated rings. The number of carbonyl (C=O) groups excluding carboxylic acids is 2. The van der Waals surface area contributed by atoms with Crippen molar-refractivity contribution in [3.8, 4) is 0 Å². The van der Waals surface area contributed by atoms with E-state index in [1.165, 1.54) is 0 Å². The summed E-state index contributed by atoms with van der Waals surface area (Å²) in [6, 6.07) is 7.35. The molecule has 2 amide bonds. The second kappa shape index (κ2) is 8.26. The van der Waals surface area contributed by atoms with Crippen LogP contribution in [0.3, 0.4) is 0 Å². The standard InChI is InChI=1S/C18H27N3O3/c1-3-21(4-2)16(22)13-14-5-7-15(8-6-14)20-17(23)18(19)9-11-24-12-10-18/h5-8H,3-4,9-13,19H2,1-2H3,(H,20,23). The van der Waals surface area contributed by atoms with Crippen molar-refractivity contribution >= 4 is 17.5 Å². The van der Waals surface area contributed by atoms with Crippen molar-refractivity contribution < 1.29 is 14.3 Å². The maximum atomic E-state index is 12.4. The normalized spacial score (nSPS) is 16.5. The highest BCUT2D eigenvalue weighted by molar-refractivity contribution is 5.98. The number of anilines is 1. The number of hydrogen-bond acceptors (Lipinski definition) is 4. The fourth-order valence-corrected chi connectivity index (χ4v) is 2.79. The zero-order valence-corrected chi connectivity index (χ0v) is 14.5. The van der Waals surface area contributed by atoms with E-state index in [9.17, 15) is 9.59 Å². The molecule has 1 saturated heterocycles. The van der Waals surface area contributed by atoms with E-state index < -0.39 is 5.54 Å². The first-order chi connectivity index (χ1) is 11.5. The minimum absolute atomic E-state index is 0.111. The van der Waals surface area contributed by atoms with E-state index in [2.05, 4.69) is 5.32 Å². The molecule has 0 atom stereocenters. The molecule has 3 N–H and O–H groups in total. The predicted octanol–water partition coefficient (Wildman–Crippen LogP) is 1.54. The van der Waals surface area contributed by atoms with Gasteiger partial charge in [-0.3, -0.25) is 9.59 Å². The van der Waals surface area contributed by atoms with Gasteiger partial charge in [-0.1, -0.05) is 12.1 Å². The van der Waals surface area contributed by atoms with E-state index in [1.54, 1.807) is 4.90 Å². The molecule has 2 rings (SSSR count). The number of rotatable bonds is 6. The third-order valence-electron chi connectivity index (χ3n) is 4.52. The van der Waals surface area contributed by atoms with Crippen LogP contribution in [0.5, 0.6) is 0 Å². The third-order valence-corrected chi connectivity index (χ3v) is 4.52. The summed E-state index contributed by atoms with van der Waals surface area (Å²) in [6.45, 7) is 6.39. The fraction of sp³-hybridized carbons (Fsp3) is 0.556. The van der Waals surface area contributed by atoms with Crippen molar-refractivity contribution in [2.45, 2.75) is 38.6 Å². The molecule has 132 valence electrons. The highest BCUT2D eigenvalue weighted by Crippen LogP contribution is 2.20. The monoisotopic (exact) mass is 333 g/mol. The second-order valence-corrected chi connectivity index (χ2v) is 6.16. The number of nitrogens with two attached hydrogens (primary N) is 1. The van der Waals surface area contributed by atoms with E-state index >= 15 is 0 Å². The molecule has 1 aromatic carbocycles. The molecule has 1 heterocycles. The molecule has 24 heavy (non-hydrogen) atoms. The van der Waals surface area contributed by atoms with Crippen molar-refractivity contribution in [3.05, 3.63) is 29.8 Å². The van der Waals surface area contributed by atoms with E-state index in [-0.39, 0.29) is 11.8 Å². The van der Waals surface area contributed by atoms with Gasteiger partial charge >= 0.3 is 0 Å². The number of likely N-dealkylation sites (N-methyl/N-ethyl adjacent to an activating group) is 1. The summed E-state index contributed by atoms with van der Waals surface area (Å²) in [4.78, 5) is 26.3. The molecule has 0 aliphatic carbocycles. The fourth-order valence-electron chi connectivity index (χ4n) is 2.79. The summed E-state index contributed by atoms with van der Waals surface area (Å²) in [5, 5.41) is 2.86. The van der Waals surface area contributed by atoms with Gasteiger partial charge in [0.1, 0.15) is 5.54 Å². The van der Waals surface area contributed by atoms with Crippen molar-refractivity contribution in [2.24, 2.45) is 5.73 Å². The lowest BCUT2D eigenvalue weighted by Crippen LogP contribution is -2.54. The second-order valence-electron chi connectivity index (χ2n) is 6.16. The van der Waals surface area contributed by atoms with Crippen LogP contribution < -0.4 is 11.1 Å². The Morgan fingerprint density at radius 2 is 1.75 bits per heavy atom. The SMILES string of the molecule is CCN(CC)C(=O)Cc1ccc(NC(=O)C2(N)CCOCC2)cc1. The van der Waals surface area contributed by atoms with Gasteiger partial charge in [-0.05, 0) is 44.4 Å². The summed E-state index contributed by atoms with van der Waals surface area (Å²) in [5.74, 6) is -0.0716. The first kappa shape index (κ1) is 18.4. The van der Waals surface area contributed by atoms with Gasteiger partial charge in [-0.2, -0.15) is 0 Å². The Morgan fingerprint density at radius 3 is 2.29 bits per heavy atom. The van der Waals surface area contributed by atoms with E-state index in [4.69, 9.17) is 10.5 Å². The average molecular weight is 333 g/mol. The summed E-state index contributed by atoms with van der Waals surface area (Å²) in [5.41, 5.74) is 6.92. The maximum absolute atomic E-state index is 12.4. The number of carbonyl (C=O) groups is 2. The molecule has 0 aromatic heterocycles. The van der Waals surface area contributed by atoms with Crippen molar-refractivity contribution in [2.75, 3.05) is 31.6 Å². The Hall–Kier alpha value is -1.92. The van der Waals surface area contributed by atoms with Crippen molar-refractivity contribution in [3.63, 3.8) is 0 Å². The number of hydrogen-bond donors (Lipinski definition) is 2. The van der Waals surface area contributed by atoms with Crippen LogP contribution in [0.15, 0.2) is 24.3 Å². The van der Waals surface area contributed by atoms with Gasteiger partial charge in [-0.15, -0.1) is 0 Å². The van der Waals surface area contributed by atoms with Crippen molar-refractivity contribution in [1.29, 1.82) is 0 Å². The minimum Gasteiger partial charge on any atom is -0.381 e. The molecule has 6 nitrogen and oxygen atoms in total. The average Bonchev–Trinajstić information content (AvgIpc) is 2.58. The molecule has 0 spiro atoms. The van der Waals surface area contributed by atoms with Gasteiger partial charge in [0.05, 0.1) is 6.42 Å². The van der Waals surface area contributed by atoms with Crippen LogP contribution in [-0.4, -0.2) is 48.6 Å². The maximum Gasteiger partial charge on any atom is 0.244 e. The van der Waals surface area contributed by atoms with E-state index in [0.29, 0.717) is 51.3 Å². The van der Waals surface area contributed by atoms with Crippen LogP contribution in [0.4, 0.5) is 5.69 Å². The van der Waals surface area contributed by atoms with Crippen LogP contribution in [0, 0.1) is 0 Å². The summed E-state index contributed by atoms with van der Waals surface area (Å²) in [6.07, 6.45) is 1.42. The van der Waals surface area contributed by atoms with Gasteiger partial charge in [-0.25, -0.2) is 0 Å². The lowest BCUT2D eigenvalue weighted by Gasteiger charge is -2.31. The molecule has 0 unspecified atom stereocenters. The molecule has 1 aliphatic heterocycles. The summed E-state index contributed by atoms with van der Waals surface area (Å²) < 4.78 is 5.26. The Balaban J connectivity index is 1.94. The molecule has 1 aromatic rings. The summed E-state index contributed by atoms with van der Waals surface area (Å²) in [7, 11) is 0. The zero-order chi connectivity index (χ0) is 17.6. The molecular weight excluding hydrogens is 306 g/mol. The van der Waals surface area contributed by atoms with Gasteiger partial charge < -0.3 is 20.7 Å². The van der Waals surface area contributed by atoms with E-state index in [1.807, 2.05) is 38.1 Å². The Bertz CT molecular complexity index is 561. The van der Waals surface area contributed by atoms with Crippen molar-refractivity contribution in [1.82, 2.24) is 4.90 Å². The van der Waals surface area contributed by atoms with Crippen LogP contribution >= 0.6 is 0 Å². The van der Waals surface area contributed by atoms with Gasteiger partial charge in [0.15, 0.2) is 0 Å². The van der Waals surface area contributed by atoms with Crippen LogP contribution in [-0.2, 0) is 20.7 Å². The topological polar surface area (TPSA) is 84.7 Å². The Labute approximate surface area is 143 Å². The molecule has 0 saturated carbocycles. The van der Waals surface area contributed by atoms with Gasteiger partial charge in [0, 0.05) is 32.0 Å². The van der Waals surface area contributed by atoms with Crippen LogP contribution in [0.1, 0.15) is 32.3 Å². The highest BCUT2D eigenvalue weighted by Gasteiger charge is 2.35. The largest absolute Gasteiger partial charge is 0.381 e. The lowest BCUT2D eigenvalue weighted by molar-refractivity contribution is -0.130. The molecular formula is C18H27N3O3. The Kier molecular flexibility index (Phi) is 6.34. The number of benzene rings is 1. The van der Waals surface area contributed by atoms with Crippen LogP contribution in [0.25, 0.3) is 0 Å². The quantitative estimate of drug-likeness (QED) is 0.827. The summed E-state index contributed by atoms with van der Waals surface area (Å²) >= 11 is 0. The predicted molar refractivity (Wildman–Crippen MR) is 93.7 cm³/mol. The van der Waals surface area contributed by atoms with Gasteiger partial charge in [0.25, 0.3) is 0 Å².